The number of aryl methyl sites for hydroxylation is 1. The highest BCUT2D eigenvalue weighted by atomic mass is 79.9. The van der Waals surface area contributed by atoms with Crippen LogP contribution in [-0.2, 0) is 26.2 Å². The topological polar surface area (TPSA) is 120 Å². The van der Waals surface area contributed by atoms with Crippen LogP contribution in [0.25, 0.3) is 28.0 Å². The van der Waals surface area contributed by atoms with Gasteiger partial charge in [0.1, 0.15) is 5.69 Å². The lowest BCUT2D eigenvalue weighted by atomic mass is 10.1. The zero-order valence-electron chi connectivity index (χ0n) is 28.9. The highest BCUT2D eigenvalue weighted by Crippen LogP contribution is 2.30. The zero-order chi connectivity index (χ0) is 37.6. The largest absolute Gasteiger partial charge is 0.393 e. The number of carbonyl (C=O) groups is 2. The van der Waals surface area contributed by atoms with Crippen LogP contribution in [0.15, 0.2) is 94.6 Å². The summed E-state index contributed by atoms with van der Waals surface area (Å²) in [5.41, 5.74) is 3.50. The molecule has 3 aromatic carbocycles. The Bertz CT molecular complexity index is 2420. The number of rotatable bonds is 8. The van der Waals surface area contributed by atoms with Crippen molar-refractivity contribution in [2.45, 2.75) is 59.2 Å². The average molecular weight is 788 g/mol. The van der Waals surface area contributed by atoms with E-state index < -0.39 is 29.7 Å². The van der Waals surface area contributed by atoms with E-state index in [-0.39, 0.29) is 37.8 Å². The van der Waals surface area contributed by atoms with Gasteiger partial charge in [0.2, 0.25) is 0 Å². The first-order valence-electron chi connectivity index (χ1n) is 16.9. The monoisotopic (exact) mass is 786 g/mol. The number of benzene rings is 3. The van der Waals surface area contributed by atoms with Crippen molar-refractivity contribution in [1.82, 2.24) is 39.1 Å². The molecule has 1 aliphatic heterocycles. The van der Waals surface area contributed by atoms with Gasteiger partial charge in [-0.25, -0.2) is 14.8 Å². The SMILES string of the molecule is Cc1cc(C(=O)N2Cc3c(C(=O)NCc4ccccc4-c4ncccn4)n(-c4ccc5c(cnn5C[C@@H](C)C(F)(F)F)c4)c(=O)n3CC2C)ccc1Br. The van der Waals surface area contributed by atoms with Crippen LogP contribution in [-0.4, -0.2) is 57.8 Å². The highest BCUT2D eigenvalue weighted by molar-refractivity contribution is 9.10. The minimum Gasteiger partial charge on any atom is -0.347 e. The molecular weight excluding hydrogens is 753 g/mol. The molecule has 4 heterocycles. The number of halogens is 4. The van der Waals surface area contributed by atoms with Gasteiger partial charge in [-0.3, -0.25) is 23.4 Å². The maximum Gasteiger partial charge on any atom is 0.393 e. The summed E-state index contributed by atoms with van der Waals surface area (Å²) in [4.78, 5) is 53.0. The number of carbonyl (C=O) groups excluding carboxylic acids is 2. The molecule has 6 aromatic rings. The fraction of sp³-hybridized carbons (Fsp3) is 0.263. The van der Waals surface area contributed by atoms with Crippen molar-refractivity contribution in [1.29, 1.82) is 0 Å². The van der Waals surface area contributed by atoms with E-state index in [4.69, 9.17) is 0 Å². The van der Waals surface area contributed by atoms with Crippen molar-refractivity contribution in [3.05, 3.63) is 128 Å². The second-order valence-corrected chi connectivity index (χ2v) is 14.0. The number of imidazole rings is 1. The molecule has 0 fully saturated rings. The molecule has 0 saturated carbocycles. The molecule has 7 rings (SSSR count). The highest BCUT2D eigenvalue weighted by Gasteiger charge is 2.37. The maximum atomic E-state index is 14.4. The van der Waals surface area contributed by atoms with Crippen LogP contribution in [0.2, 0.25) is 0 Å². The van der Waals surface area contributed by atoms with Gasteiger partial charge in [0, 0.05) is 52.5 Å². The number of hydrogen-bond donors (Lipinski definition) is 1. The Morgan fingerprint density at radius 1 is 1.04 bits per heavy atom. The summed E-state index contributed by atoms with van der Waals surface area (Å²) in [5, 5.41) is 7.66. The molecule has 0 saturated heterocycles. The van der Waals surface area contributed by atoms with Gasteiger partial charge in [-0.05, 0) is 67.4 Å². The van der Waals surface area contributed by atoms with Gasteiger partial charge in [0.15, 0.2) is 5.82 Å². The number of hydrogen-bond acceptors (Lipinski definition) is 6. The molecular formula is C38H34BrF3N8O3. The van der Waals surface area contributed by atoms with E-state index in [0.717, 1.165) is 28.1 Å². The normalized spacial score (nSPS) is 15.0. The molecule has 1 unspecified atom stereocenters. The Hall–Kier alpha value is -5.57. The summed E-state index contributed by atoms with van der Waals surface area (Å²) in [6.07, 6.45) is 0.306. The van der Waals surface area contributed by atoms with Crippen molar-refractivity contribution in [2.24, 2.45) is 5.92 Å². The van der Waals surface area contributed by atoms with E-state index in [1.807, 2.05) is 44.2 Å². The van der Waals surface area contributed by atoms with Crippen molar-refractivity contribution in [3.8, 4) is 17.1 Å². The molecule has 272 valence electrons. The molecule has 0 aliphatic carbocycles. The zero-order valence-corrected chi connectivity index (χ0v) is 30.5. The fourth-order valence-corrected chi connectivity index (χ4v) is 6.86. The Morgan fingerprint density at radius 3 is 2.53 bits per heavy atom. The van der Waals surface area contributed by atoms with Crippen LogP contribution < -0.4 is 11.0 Å². The lowest BCUT2D eigenvalue weighted by Crippen LogP contribution is -2.47. The second kappa shape index (κ2) is 14.1. The third-order valence-corrected chi connectivity index (χ3v) is 10.5. The van der Waals surface area contributed by atoms with E-state index in [9.17, 15) is 27.6 Å². The second-order valence-electron chi connectivity index (χ2n) is 13.2. The van der Waals surface area contributed by atoms with Gasteiger partial charge in [-0.15, -0.1) is 0 Å². The molecule has 1 N–H and O–H groups in total. The van der Waals surface area contributed by atoms with E-state index in [1.54, 1.807) is 53.7 Å². The molecule has 2 amide bonds. The summed E-state index contributed by atoms with van der Waals surface area (Å²) < 4.78 is 45.1. The van der Waals surface area contributed by atoms with E-state index in [0.29, 0.717) is 33.7 Å². The minimum atomic E-state index is -4.39. The number of aromatic nitrogens is 6. The van der Waals surface area contributed by atoms with E-state index in [1.165, 1.54) is 20.0 Å². The van der Waals surface area contributed by atoms with Gasteiger partial charge in [-0.2, -0.15) is 18.3 Å². The predicted octanol–water partition coefficient (Wildman–Crippen LogP) is 6.69. The molecule has 0 bridgehead atoms. The fourth-order valence-electron chi connectivity index (χ4n) is 6.62. The smallest absolute Gasteiger partial charge is 0.347 e. The first-order valence-corrected chi connectivity index (χ1v) is 17.7. The van der Waals surface area contributed by atoms with Crippen molar-refractivity contribution in [3.63, 3.8) is 0 Å². The van der Waals surface area contributed by atoms with Crippen LogP contribution in [0.4, 0.5) is 13.2 Å². The Labute approximate surface area is 310 Å². The molecule has 3 aromatic heterocycles. The van der Waals surface area contributed by atoms with Crippen LogP contribution >= 0.6 is 15.9 Å². The first-order chi connectivity index (χ1) is 25.3. The lowest BCUT2D eigenvalue weighted by Gasteiger charge is -2.34. The molecule has 1 aliphatic rings. The minimum absolute atomic E-state index is 0.0238. The Morgan fingerprint density at radius 2 is 1.79 bits per heavy atom. The van der Waals surface area contributed by atoms with E-state index >= 15 is 0 Å². The number of nitrogens with zero attached hydrogens (tertiary/aromatic N) is 7. The summed E-state index contributed by atoms with van der Waals surface area (Å²) in [5.74, 6) is -1.95. The Balaban J connectivity index is 1.29. The van der Waals surface area contributed by atoms with Crippen LogP contribution in [0.1, 0.15) is 51.5 Å². The van der Waals surface area contributed by atoms with Crippen molar-refractivity contribution in [2.75, 3.05) is 0 Å². The van der Waals surface area contributed by atoms with Crippen LogP contribution in [0.3, 0.4) is 0 Å². The molecule has 15 heteroatoms. The molecule has 0 spiro atoms. The standard InChI is InChI=1S/C38H34BrF3N8O3/c1-22-15-25(9-11-30(22)39)36(52)47-21-32-33(35(51)45-17-26-7-4-5-8-29(26)34-43-13-6-14-44-34)50(37(53)48(32)20-24(47)3)28-10-12-31-27(16-28)18-46-49(31)19-23(2)38(40,41)42/h4-16,18,23-24H,17,19-21H2,1-3H3,(H,45,51)/t23-,24?/m1/s1. The van der Waals surface area contributed by atoms with Gasteiger partial charge in [0.05, 0.1) is 42.1 Å². The van der Waals surface area contributed by atoms with Crippen LogP contribution in [0.5, 0.6) is 0 Å². The van der Waals surface area contributed by atoms with Gasteiger partial charge >= 0.3 is 11.9 Å². The summed E-state index contributed by atoms with van der Waals surface area (Å²) in [7, 11) is 0. The molecule has 11 nitrogen and oxygen atoms in total. The van der Waals surface area contributed by atoms with Crippen LogP contribution in [0, 0.1) is 12.8 Å². The quantitative estimate of drug-likeness (QED) is 0.184. The maximum absolute atomic E-state index is 14.4. The third-order valence-electron chi connectivity index (χ3n) is 9.58. The van der Waals surface area contributed by atoms with Crippen molar-refractivity contribution < 1.29 is 22.8 Å². The van der Waals surface area contributed by atoms with Gasteiger partial charge in [0.25, 0.3) is 11.8 Å². The summed E-state index contributed by atoms with van der Waals surface area (Å²) >= 11 is 3.48. The van der Waals surface area contributed by atoms with Crippen molar-refractivity contribution >= 4 is 38.6 Å². The third kappa shape index (κ3) is 6.88. The number of alkyl halides is 3. The summed E-state index contributed by atoms with van der Waals surface area (Å²) in [6.45, 7) is 4.63. The predicted molar refractivity (Wildman–Crippen MR) is 195 cm³/mol. The number of amides is 2. The average Bonchev–Trinajstić information content (AvgIpc) is 3.67. The van der Waals surface area contributed by atoms with Gasteiger partial charge < -0.3 is 10.2 Å². The number of fused-ring (bicyclic) bond motifs is 2. The summed E-state index contributed by atoms with van der Waals surface area (Å²) in [6, 6.07) is 18.8. The molecule has 0 radical (unpaired) electrons. The molecule has 53 heavy (non-hydrogen) atoms. The molecule has 2 atom stereocenters. The van der Waals surface area contributed by atoms with Gasteiger partial charge in [-0.1, -0.05) is 47.1 Å². The Kier molecular flexibility index (Phi) is 9.53. The first kappa shape index (κ1) is 35.8. The lowest BCUT2D eigenvalue weighted by molar-refractivity contribution is -0.173. The number of nitrogens with one attached hydrogen (secondary N) is 1. The van der Waals surface area contributed by atoms with E-state index in [2.05, 4.69) is 36.3 Å².